The summed E-state index contributed by atoms with van der Waals surface area (Å²) in [5.74, 6) is 0.996. The van der Waals surface area contributed by atoms with E-state index >= 15 is 0 Å². The highest BCUT2D eigenvalue weighted by Crippen LogP contribution is 2.35. The minimum Gasteiger partial charge on any atom is -0.633 e. The first-order valence-electron chi connectivity index (χ1n) is 10.0. The molecule has 29 heavy (non-hydrogen) atoms. The number of benzene rings is 2. The van der Waals surface area contributed by atoms with Gasteiger partial charge >= 0.3 is 6.09 Å². The maximum absolute atomic E-state index is 12.4. The number of quaternary nitrogens is 1. The van der Waals surface area contributed by atoms with Gasteiger partial charge in [-0.1, -0.05) is 35.9 Å². The van der Waals surface area contributed by atoms with Crippen molar-refractivity contribution >= 4 is 17.7 Å². The maximum Gasteiger partial charge on any atom is 0.415 e. The zero-order valence-electron chi connectivity index (χ0n) is 17.3. The molecular formula is C23H29ClN2O3. The van der Waals surface area contributed by atoms with Crippen molar-refractivity contribution < 1.29 is 14.2 Å². The van der Waals surface area contributed by atoms with Gasteiger partial charge in [0, 0.05) is 23.7 Å². The summed E-state index contributed by atoms with van der Waals surface area (Å²) in [6, 6.07) is 15.4. The minimum atomic E-state index is -0.335. The second-order valence-electron chi connectivity index (χ2n) is 8.41. The Balaban J connectivity index is 1.51. The summed E-state index contributed by atoms with van der Waals surface area (Å²) in [6.45, 7) is 0.480. The SMILES string of the molecule is CN(C(=O)Oc1ccc(Cl)cc1)C1CCC(c2ccc(C[N+](C)(C)[O-])cc2)CC1. The molecule has 0 bridgehead atoms. The van der Waals surface area contributed by atoms with Crippen molar-refractivity contribution in [3.63, 3.8) is 0 Å². The Hall–Kier alpha value is -2.08. The fourth-order valence-corrected chi connectivity index (χ4v) is 4.08. The predicted octanol–water partition coefficient (Wildman–Crippen LogP) is 5.57. The number of halogens is 1. The normalized spacial score (nSPS) is 19.6. The highest BCUT2D eigenvalue weighted by Gasteiger charge is 2.28. The van der Waals surface area contributed by atoms with Gasteiger partial charge < -0.3 is 19.5 Å². The van der Waals surface area contributed by atoms with Crippen LogP contribution >= 0.6 is 11.6 Å². The van der Waals surface area contributed by atoms with Gasteiger partial charge in [0.2, 0.25) is 0 Å². The van der Waals surface area contributed by atoms with E-state index in [9.17, 15) is 10.0 Å². The average Bonchev–Trinajstić information content (AvgIpc) is 2.69. The Morgan fingerprint density at radius 1 is 1.07 bits per heavy atom. The first-order chi connectivity index (χ1) is 13.7. The Morgan fingerprint density at radius 2 is 1.66 bits per heavy atom. The zero-order valence-corrected chi connectivity index (χ0v) is 18.1. The quantitative estimate of drug-likeness (QED) is 0.472. The van der Waals surface area contributed by atoms with Gasteiger partial charge in [0.05, 0.1) is 14.1 Å². The fraction of sp³-hybridized carbons (Fsp3) is 0.435. The van der Waals surface area contributed by atoms with Crippen molar-refractivity contribution in [1.29, 1.82) is 0 Å². The predicted molar refractivity (Wildman–Crippen MR) is 116 cm³/mol. The number of hydrogen-bond donors (Lipinski definition) is 0. The Bertz CT molecular complexity index is 808. The number of hydrogen-bond acceptors (Lipinski definition) is 3. The van der Waals surface area contributed by atoms with E-state index in [1.54, 1.807) is 50.3 Å². The van der Waals surface area contributed by atoms with Crippen LogP contribution in [0.1, 0.15) is 42.7 Å². The third-order valence-electron chi connectivity index (χ3n) is 5.57. The summed E-state index contributed by atoms with van der Waals surface area (Å²) >= 11 is 5.87. The molecule has 1 saturated carbocycles. The molecule has 6 heteroatoms. The van der Waals surface area contributed by atoms with E-state index in [1.807, 2.05) is 0 Å². The van der Waals surface area contributed by atoms with Crippen molar-refractivity contribution in [2.45, 2.75) is 44.2 Å². The topological polar surface area (TPSA) is 52.6 Å². The van der Waals surface area contributed by atoms with Crippen LogP contribution in [0.2, 0.25) is 5.02 Å². The minimum absolute atomic E-state index is 0.184. The lowest BCUT2D eigenvalue weighted by Crippen LogP contribution is -2.40. The van der Waals surface area contributed by atoms with Crippen molar-refractivity contribution in [3.05, 3.63) is 69.9 Å². The van der Waals surface area contributed by atoms with Gasteiger partial charge in [0.25, 0.3) is 0 Å². The molecule has 2 aromatic carbocycles. The van der Waals surface area contributed by atoms with Crippen LogP contribution in [-0.2, 0) is 6.54 Å². The standard InChI is InChI=1S/C23H29ClN2O3/c1-25(23(27)29-22-14-10-20(24)11-15-22)21-12-8-19(9-13-21)18-6-4-17(5-7-18)16-26(2,3)28/h4-7,10-11,14-15,19,21H,8-9,12-13,16H2,1-3H3. The molecule has 0 N–H and O–H groups in total. The molecule has 0 aliphatic heterocycles. The lowest BCUT2D eigenvalue weighted by molar-refractivity contribution is -0.853. The van der Waals surface area contributed by atoms with Crippen LogP contribution in [0.3, 0.4) is 0 Å². The van der Waals surface area contributed by atoms with Crippen LogP contribution in [0.15, 0.2) is 48.5 Å². The highest BCUT2D eigenvalue weighted by atomic mass is 35.5. The van der Waals surface area contributed by atoms with E-state index in [-0.39, 0.29) is 16.8 Å². The molecule has 156 valence electrons. The molecular weight excluding hydrogens is 388 g/mol. The molecule has 5 nitrogen and oxygen atoms in total. The molecule has 1 aliphatic rings. The molecule has 1 fully saturated rings. The molecule has 0 aromatic heterocycles. The van der Waals surface area contributed by atoms with Gasteiger partial charge in [-0.25, -0.2) is 4.79 Å². The summed E-state index contributed by atoms with van der Waals surface area (Å²) in [7, 11) is 5.12. The monoisotopic (exact) mass is 416 g/mol. The van der Waals surface area contributed by atoms with Crippen molar-refractivity contribution in [2.24, 2.45) is 0 Å². The molecule has 0 radical (unpaired) electrons. The lowest BCUT2D eigenvalue weighted by atomic mass is 9.81. The van der Waals surface area contributed by atoms with Crippen LogP contribution in [0.4, 0.5) is 4.79 Å². The van der Waals surface area contributed by atoms with Gasteiger partial charge in [0.15, 0.2) is 0 Å². The first-order valence-corrected chi connectivity index (χ1v) is 10.4. The number of rotatable bonds is 5. The molecule has 3 rings (SSSR count). The molecule has 0 unspecified atom stereocenters. The Morgan fingerprint density at radius 3 is 2.21 bits per heavy atom. The van der Waals surface area contributed by atoms with Gasteiger partial charge in [-0.2, -0.15) is 0 Å². The number of carbonyl (C=O) groups excluding carboxylic acids is 1. The van der Waals surface area contributed by atoms with Gasteiger partial charge in [-0.05, 0) is 61.4 Å². The highest BCUT2D eigenvalue weighted by molar-refractivity contribution is 6.30. The smallest absolute Gasteiger partial charge is 0.415 e. The summed E-state index contributed by atoms with van der Waals surface area (Å²) in [5.41, 5.74) is 2.38. The van der Waals surface area contributed by atoms with Crippen LogP contribution in [-0.4, -0.2) is 42.8 Å². The van der Waals surface area contributed by atoms with E-state index in [2.05, 4.69) is 24.3 Å². The van der Waals surface area contributed by atoms with Crippen molar-refractivity contribution in [1.82, 2.24) is 4.90 Å². The van der Waals surface area contributed by atoms with E-state index in [0.717, 1.165) is 31.2 Å². The van der Waals surface area contributed by atoms with E-state index in [1.165, 1.54) is 5.56 Å². The zero-order chi connectivity index (χ0) is 21.0. The second kappa shape index (κ2) is 9.16. The number of hydroxylamine groups is 3. The summed E-state index contributed by atoms with van der Waals surface area (Å²) in [5, 5.41) is 12.4. The molecule has 1 aliphatic carbocycles. The maximum atomic E-state index is 12.4. The van der Waals surface area contributed by atoms with Crippen LogP contribution < -0.4 is 4.74 Å². The van der Waals surface area contributed by atoms with Crippen LogP contribution in [0.5, 0.6) is 5.75 Å². The number of nitrogens with zero attached hydrogens (tertiary/aromatic N) is 2. The molecule has 0 atom stereocenters. The Labute approximate surface area is 178 Å². The molecule has 0 heterocycles. The first kappa shape index (κ1) is 21.6. The van der Waals surface area contributed by atoms with Gasteiger partial charge in [-0.3, -0.25) is 0 Å². The summed E-state index contributed by atoms with van der Waals surface area (Å²) in [6.07, 6.45) is 3.63. The molecule has 1 amide bonds. The average molecular weight is 417 g/mol. The van der Waals surface area contributed by atoms with Gasteiger partial charge in [0.1, 0.15) is 12.3 Å². The third-order valence-corrected chi connectivity index (χ3v) is 5.82. The largest absolute Gasteiger partial charge is 0.633 e. The molecule has 2 aromatic rings. The number of carbonyl (C=O) groups is 1. The van der Waals surface area contributed by atoms with Crippen molar-refractivity contribution in [2.75, 3.05) is 21.1 Å². The fourth-order valence-electron chi connectivity index (χ4n) is 3.96. The van der Waals surface area contributed by atoms with Crippen LogP contribution in [0.25, 0.3) is 0 Å². The van der Waals surface area contributed by atoms with Crippen molar-refractivity contribution in [3.8, 4) is 5.75 Å². The third kappa shape index (κ3) is 6.20. The number of amides is 1. The second-order valence-corrected chi connectivity index (χ2v) is 8.85. The number of ether oxygens (including phenoxy) is 1. The molecule has 0 saturated heterocycles. The summed E-state index contributed by atoms with van der Waals surface area (Å²) < 4.78 is 5.13. The van der Waals surface area contributed by atoms with Gasteiger partial charge in [-0.15, -0.1) is 0 Å². The van der Waals surface area contributed by atoms with E-state index < -0.39 is 0 Å². The molecule has 0 spiro atoms. The van der Waals surface area contributed by atoms with Crippen LogP contribution in [0, 0.1) is 5.21 Å². The van der Waals surface area contributed by atoms with E-state index in [4.69, 9.17) is 16.3 Å². The Kier molecular flexibility index (Phi) is 6.83. The summed E-state index contributed by atoms with van der Waals surface area (Å²) in [4.78, 5) is 14.2. The van der Waals surface area contributed by atoms with E-state index in [0.29, 0.717) is 23.2 Å². The lowest BCUT2D eigenvalue weighted by Gasteiger charge is -2.35.